The van der Waals surface area contributed by atoms with Crippen LogP contribution in [0.1, 0.15) is 18.2 Å². The van der Waals surface area contributed by atoms with Crippen LogP contribution >= 0.6 is 11.6 Å². The van der Waals surface area contributed by atoms with Crippen molar-refractivity contribution in [2.75, 3.05) is 24.9 Å². The first-order valence-electron chi connectivity index (χ1n) is 9.59. The number of nitrogens with one attached hydrogen (secondary N) is 2. The molecule has 1 aliphatic rings. The number of carbonyl (C=O) groups is 2. The van der Waals surface area contributed by atoms with Crippen molar-refractivity contribution in [1.82, 2.24) is 9.78 Å². The highest BCUT2D eigenvalue weighted by molar-refractivity contribution is 6.30. The summed E-state index contributed by atoms with van der Waals surface area (Å²) in [5, 5.41) is 10.8. The van der Waals surface area contributed by atoms with Crippen molar-refractivity contribution < 1.29 is 19.1 Å². The molecule has 0 aliphatic carbocycles. The van der Waals surface area contributed by atoms with Crippen LogP contribution in [0.2, 0.25) is 5.02 Å². The van der Waals surface area contributed by atoms with Gasteiger partial charge < -0.3 is 20.1 Å². The van der Waals surface area contributed by atoms with Crippen molar-refractivity contribution in [2.45, 2.75) is 19.4 Å². The van der Waals surface area contributed by atoms with Crippen LogP contribution in [-0.4, -0.2) is 35.8 Å². The first-order chi connectivity index (χ1) is 14.9. The maximum atomic E-state index is 12.7. The lowest BCUT2D eigenvalue weighted by atomic mass is 10.1. The van der Waals surface area contributed by atoms with Gasteiger partial charge in [-0.3, -0.25) is 9.59 Å². The number of ether oxygens (including phenoxy) is 2. The fraction of sp³-hybridized carbons (Fsp3) is 0.227. The summed E-state index contributed by atoms with van der Waals surface area (Å²) in [6.07, 6.45) is -0.0742. The van der Waals surface area contributed by atoms with Gasteiger partial charge in [0.2, 0.25) is 5.91 Å². The summed E-state index contributed by atoms with van der Waals surface area (Å²) in [6.45, 7) is 1.86. The van der Waals surface area contributed by atoms with E-state index in [-0.39, 0.29) is 18.2 Å². The Kier molecular flexibility index (Phi) is 5.56. The average molecular weight is 441 g/mol. The van der Waals surface area contributed by atoms with E-state index in [1.54, 1.807) is 42.1 Å². The Hall–Kier alpha value is -3.52. The van der Waals surface area contributed by atoms with Crippen LogP contribution in [0.3, 0.4) is 0 Å². The van der Waals surface area contributed by atoms with Crippen molar-refractivity contribution in [2.24, 2.45) is 0 Å². The molecule has 1 aliphatic heterocycles. The fourth-order valence-electron chi connectivity index (χ4n) is 3.62. The van der Waals surface area contributed by atoms with E-state index in [1.165, 1.54) is 7.11 Å². The number of benzene rings is 2. The lowest BCUT2D eigenvalue weighted by Crippen LogP contribution is -2.24. The molecule has 0 bridgehead atoms. The fourth-order valence-corrected chi connectivity index (χ4v) is 3.75. The van der Waals surface area contributed by atoms with Crippen molar-refractivity contribution >= 4 is 34.9 Å². The predicted molar refractivity (Wildman–Crippen MR) is 118 cm³/mol. The number of nitrogens with zero attached hydrogens (tertiary/aromatic N) is 2. The minimum Gasteiger partial charge on any atom is -0.497 e. The third kappa shape index (κ3) is 3.94. The maximum absolute atomic E-state index is 12.7. The Labute approximate surface area is 184 Å². The predicted octanol–water partition coefficient (Wildman–Crippen LogP) is 4.05. The highest BCUT2D eigenvalue weighted by Gasteiger charge is 2.36. The Morgan fingerprint density at radius 1 is 1.19 bits per heavy atom. The minimum absolute atomic E-state index is 0.0742. The number of methoxy groups -OCH3 is 2. The van der Waals surface area contributed by atoms with Gasteiger partial charge in [0.1, 0.15) is 23.4 Å². The molecule has 9 heteroatoms. The van der Waals surface area contributed by atoms with E-state index >= 15 is 0 Å². The number of halogens is 1. The third-order valence-electron chi connectivity index (χ3n) is 5.12. The second kappa shape index (κ2) is 8.31. The molecule has 0 fully saturated rings. The SMILES string of the molecule is COc1ccc(NC(=O)CC2C(=O)Nc3c(-c4ccc(Cl)cc4)c(C)nn32)c(OC)c1. The zero-order chi connectivity index (χ0) is 22.1. The third-order valence-corrected chi connectivity index (χ3v) is 5.37. The molecule has 160 valence electrons. The van der Waals surface area contributed by atoms with Crippen molar-refractivity contribution in [3.63, 3.8) is 0 Å². The van der Waals surface area contributed by atoms with Crippen molar-refractivity contribution in [3.05, 3.63) is 53.2 Å². The second-order valence-corrected chi connectivity index (χ2v) is 7.52. The first-order valence-corrected chi connectivity index (χ1v) is 9.97. The lowest BCUT2D eigenvalue weighted by Gasteiger charge is -2.13. The van der Waals surface area contributed by atoms with Crippen LogP contribution in [-0.2, 0) is 9.59 Å². The number of carbonyl (C=O) groups excluding carboxylic acids is 2. The smallest absolute Gasteiger partial charge is 0.251 e. The number of aryl methyl sites for hydroxylation is 1. The molecule has 2 amide bonds. The molecule has 8 nitrogen and oxygen atoms in total. The van der Waals surface area contributed by atoms with Gasteiger partial charge in [-0.2, -0.15) is 5.10 Å². The van der Waals surface area contributed by atoms with Gasteiger partial charge in [-0.25, -0.2) is 4.68 Å². The number of anilines is 2. The number of fused-ring (bicyclic) bond motifs is 1. The molecule has 1 unspecified atom stereocenters. The molecule has 1 atom stereocenters. The van der Waals surface area contributed by atoms with Crippen molar-refractivity contribution in [1.29, 1.82) is 0 Å². The van der Waals surface area contributed by atoms with Gasteiger partial charge >= 0.3 is 0 Å². The minimum atomic E-state index is -0.751. The number of rotatable bonds is 6. The van der Waals surface area contributed by atoms with Gasteiger partial charge in [0.05, 0.1) is 32.0 Å². The van der Waals surface area contributed by atoms with E-state index in [9.17, 15) is 9.59 Å². The van der Waals surface area contributed by atoms with Gasteiger partial charge in [0.25, 0.3) is 5.91 Å². The van der Waals surface area contributed by atoms with E-state index in [4.69, 9.17) is 21.1 Å². The summed E-state index contributed by atoms with van der Waals surface area (Å²) >= 11 is 5.99. The maximum Gasteiger partial charge on any atom is 0.251 e. The number of aromatic nitrogens is 2. The Balaban J connectivity index is 1.56. The summed E-state index contributed by atoms with van der Waals surface area (Å²) in [7, 11) is 3.06. The van der Waals surface area contributed by atoms with E-state index < -0.39 is 6.04 Å². The first kappa shape index (κ1) is 20.7. The van der Waals surface area contributed by atoms with E-state index in [0.29, 0.717) is 28.0 Å². The number of amides is 2. The molecule has 2 N–H and O–H groups in total. The van der Waals surface area contributed by atoms with Crippen LogP contribution in [0, 0.1) is 6.92 Å². The van der Waals surface area contributed by atoms with Crippen LogP contribution in [0.4, 0.5) is 11.5 Å². The summed E-state index contributed by atoms with van der Waals surface area (Å²) in [5.74, 6) is 1.03. The van der Waals surface area contributed by atoms with E-state index in [1.807, 2.05) is 19.1 Å². The molecular weight excluding hydrogens is 420 g/mol. The van der Waals surface area contributed by atoms with Gasteiger partial charge in [0, 0.05) is 16.7 Å². The van der Waals surface area contributed by atoms with E-state index in [0.717, 1.165) is 16.8 Å². The van der Waals surface area contributed by atoms with Gasteiger partial charge in [-0.15, -0.1) is 0 Å². The molecule has 2 aromatic carbocycles. The van der Waals surface area contributed by atoms with Crippen LogP contribution in [0.5, 0.6) is 11.5 Å². The zero-order valence-corrected chi connectivity index (χ0v) is 18.0. The molecule has 0 spiro atoms. The average Bonchev–Trinajstić information content (AvgIpc) is 3.22. The quantitative estimate of drug-likeness (QED) is 0.603. The van der Waals surface area contributed by atoms with Crippen LogP contribution < -0.4 is 20.1 Å². The van der Waals surface area contributed by atoms with Crippen LogP contribution in [0.25, 0.3) is 11.1 Å². The Morgan fingerprint density at radius 2 is 1.94 bits per heavy atom. The zero-order valence-electron chi connectivity index (χ0n) is 17.2. The standard InChI is InChI=1S/C22H21ClN4O4/c1-12-20(13-4-6-14(23)7-5-13)21-25-22(29)17(27(21)26-12)11-19(28)24-16-9-8-15(30-2)10-18(16)31-3/h4-10,17H,11H2,1-3H3,(H,24,28)(H,25,29). The van der Waals surface area contributed by atoms with Crippen LogP contribution in [0.15, 0.2) is 42.5 Å². The highest BCUT2D eigenvalue weighted by Crippen LogP contribution is 2.38. The molecular formula is C22H21ClN4O4. The summed E-state index contributed by atoms with van der Waals surface area (Å²) in [5.41, 5.74) is 2.94. The molecule has 0 saturated carbocycles. The summed E-state index contributed by atoms with van der Waals surface area (Å²) in [4.78, 5) is 25.3. The van der Waals surface area contributed by atoms with Gasteiger partial charge in [-0.1, -0.05) is 23.7 Å². The molecule has 0 radical (unpaired) electrons. The largest absolute Gasteiger partial charge is 0.497 e. The highest BCUT2D eigenvalue weighted by atomic mass is 35.5. The second-order valence-electron chi connectivity index (χ2n) is 7.08. The van der Waals surface area contributed by atoms with Gasteiger partial charge in [-0.05, 0) is 36.8 Å². The molecule has 0 saturated heterocycles. The molecule has 3 aromatic rings. The summed E-state index contributed by atoms with van der Waals surface area (Å²) in [6, 6.07) is 11.6. The molecule has 1 aromatic heterocycles. The number of hydrogen-bond acceptors (Lipinski definition) is 5. The molecule has 31 heavy (non-hydrogen) atoms. The lowest BCUT2D eigenvalue weighted by molar-refractivity contribution is -0.123. The van der Waals surface area contributed by atoms with E-state index in [2.05, 4.69) is 15.7 Å². The Morgan fingerprint density at radius 3 is 2.61 bits per heavy atom. The normalized spacial score (nSPS) is 14.7. The van der Waals surface area contributed by atoms with Gasteiger partial charge in [0.15, 0.2) is 0 Å². The molecule has 2 heterocycles. The molecule has 4 rings (SSSR count). The summed E-state index contributed by atoms with van der Waals surface area (Å²) < 4.78 is 12.1. The number of hydrogen-bond donors (Lipinski definition) is 2. The Bertz CT molecular complexity index is 1160. The monoisotopic (exact) mass is 440 g/mol. The topological polar surface area (TPSA) is 94.5 Å². The van der Waals surface area contributed by atoms with Crippen molar-refractivity contribution in [3.8, 4) is 22.6 Å².